The maximum Gasteiger partial charge on any atom is 0.121 e. The third-order valence-corrected chi connectivity index (χ3v) is 1.45. The van der Waals surface area contributed by atoms with Crippen LogP contribution in [-0.2, 0) is 0 Å². The molecule has 0 aliphatic rings. The van der Waals surface area contributed by atoms with Crippen molar-refractivity contribution in [3.63, 3.8) is 0 Å². The SMILES string of the molecule is C#CC(N)c1ccccc1O. The number of hydrogen-bond acceptors (Lipinski definition) is 2. The Balaban J connectivity index is 3.05. The summed E-state index contributed by atoms with van der Waals surface area (Å²) in [6.45, 7) is 0. The Bertz CT molecular complexity index is 288. The van der Waals surface area contributed by atoms with Crippen LogP contribution in [0, 0.1) is 12.3 Å². The fraction of sp³-hybridized carbons (Fsp3) is 0.111. The van der Waals surface area contributed by atoms with Gasteiger partial charge in [-0.3, -0.25) is 0 Å². The van der Waals surface area contributed by atoms with E-state index >= 15 is 0 Å². The van der Waals surface area contributed by atoms with Crippen molar-refractivity contribution in [3.8, 4) is 18.1 Å². The van der Waals surface area contributed by atoms with E-state index in [1.165, 1.54) is 0 Å². The second kappa shape index (κ2) is 3.09. The molecule has 0 fully saturated rings. The van der Waals surface area contributed by atoms with Crippen LogP contribution in [0.2, 0.25) is 0 Å². The molecule has 1 atom stereocenters. The molecular weight excluding hydrogens is 138 g/mol. The Labute approximate surface area is 65.7 Å². The van der Waals surface area contributed by atoms with Crippen LogP contribution < -0.4 is 5.73 Å². The molecule has 56 valence electrons. The number of hydrogen-bond donors (Lipinski definition) is 2. The Hall–Kier alpha value is -1.46. The molecule has 0 aromatic heterocycles. The highest BCUT2D eigenvalue weighted by molar-refractivity contribution is 5.37. The number of benzene rings is 1. The molecule has 0 amide bonds. The van der Waals surface area contributed by atoms with E-state index in [9.17, 15) is 5.11 Å². The van der Waals surface area contributed by atoms with Gasteiger partial charge < -0.3 is 10.8 Å². The van der Waals surface area contributed by atoms with E-state index in [1.807, 2.05) is 0 Å². The van der Waals surface area contributed by atoms with Crippen molar-refractivity contribution in [1.82, 2.24) is 0 Å². The number of nitrogens with two attached hydrogens (primary N) is 1. The highest BCUT2D eigenvalue weighted by Crippen LogP contribution is 2.20. The molecule has 1 aromatic rings. The van der Waals surface area contributed by atoms with Gasteiger partial charge in [-0.25, -0.2) is 0 Å². The molecule has 0 aliphatic heterocycles. The van der Waals surface area contributed by atoms with Gasteiger partial charge >= 0.3 is 0 Å². The lowest BCUT2D eigenvalue weighted by Crippen LogP contribution is -2.06. The summed E-state index contributed by atoms with van der Waals surface area (Å²) in [6.07, 6.45) is 5.09. The minimum Gasteiger partial charge on any atom is -0.508 e. The minimum atomic E-state index is -0.517. The van der Waals surface area contributed by atoms with Gasteiger partial charge in [-0.15, -0.1) is 6.42 Å². The molecule has 0 saturated heterocycles. The van der Waals surface area contributed by atoms with E-state index in [1.54, 1.807) is 24.3 Å². The normalized spacial score (nSPS) is 12.0. The Morgan fingerprint density at radius 2 is 2.09 bits per heavy atom. The topological polar surface area (TPSA) is 46.2 Å². The van der Waals surface area contributed by atoms with E-state index < -0.39 is 6.04 Å². The van der Waals surface area contributed by atoms with Gasteiger partial charge in [0.25, 0.3) is 0 Å². The summed E-state index contributed by atoms with van der Waals surface area (Å²) in [5.41, 5.74) is 6.09. The summed E-state index contributed by atoms with van der Waals surface area (Å²) < 4.78 is 0. The van der Waals surface area contributed by atoms with Gasteiger partial charge in [0, 0.05) is 5.56 Å². The summed E-state index contributed by atoms with van der Waals surface area (Å²) in [7, 11) is 0. The lowest BCUT2D eigenvalue weighted by Gasteiger charge is -2.05. The predicted octanol–water partition coefficient (Wildman–Crippen LogP) is 1.03. The van der Waals surface area contributed by atoms with Crippen LogP contribution in [0.25, 0.3) is 0 Å². The predicted molar refractivity (Wildman–Crippen MR) is 43.9 cm³/mol. The van der Waals surface area contributed by atoms with Crippen LogP contribution in [-0.4, -0.2) is 5.11 Å². The highest BCUT2D eigenvalue weighted by atomic mass is 16.3. The van der Waals surface area contributed by atoms with Crippen molar-refractivity contribution in [1.29, 1.82) is 0 Å². The van der Waals surface area contributed by atoms with Gasteiger partial charge in [0.2, 0.25) is 0 Å². The molecule has 2 heteroatoms. The van der Waals surface area contributed by atoms with Gasteiger partial charge in [-0.2, -0.15) is 0 Å². The maximum absolute atomic E-state index is 9.24. The quantitative estimate of drug-likeness (QED) is 0.583. The fourth-order valence-electron chi connectivity index (χ4n) is 0.840. The third-order valence-electron chi connectivity index (χ3n) is 1.45. The molecular formula is C9H9NO. The summed E-state index contributed by atoms with van der Waals surface area (Å²) in [5.74, 6) is 2.49. The largest absolute Gasteiger partial charge is 0.508 e. The zero-order valence-electron chi connectivity index (χ0n) is 5.99. The average Bonchev–Trinajstić information content (AvgIpc) is 2.04. The van der Waals surface area contributed by atoms with Gasteiger partial charge in [0.1, 0.15) is 5.75 Å². The molecule has 0 heterocycles. The summed E-state index contributed by atoms with van der Waals surface area (Å²) in [6, 6.07) is 6.26. The molecule has 0 aliphatic carbocycles. The molecule has 11 heavy (non-hydrogen) atoms. The monoisotopic (exact) mass is 147 g/mol. The highest BCUT2D eigenvalue weighted by Gasteiger charge is 2.05. The van der Waals surface area contributed by atoms with Gasteiger partial charge in [0.05, 0.1) is 6.04 Å². The zero-order chi connectivity index (χ0) is 8.27. The lowest BCUT2D eigenvalue weighted by atomic mass is 10.1. The van der Waals surface area contributed by atoms with Crippen LogP contribution in [0.15, 0.2) is 24.3 Å². The van der Waals surface area contributed by atoms with Gasteiger partial charge in [-0.1, -0.05) is 24.1 Å². The first-order chi connectivity index (χ1) is 5.25. The Morgan fingerprint density at radius 3 is 2.64 bits per heavy atom. The standard InChI is InChI=1S/C9H9NO/c1-2-8(10)7-5-3-4-6-9(7)11/h1,3-6,8,11H,10H2. The van der Waals surface area contributed by atoms with Crippen molar-refractivity contribution in [2.24, 2.45) is 5.73 Å². The summed E-state index contributed by atoms with van der Waals surface area (Å²) in [4.78, 5) is 0. The summed E-state index contributed by atoms with van der Waals surface area (Å²) in [5, 5.41) is 9.24. The van der Waals surface area contributed by atoms with Crippen LogP contribution in [0.1, 0.15) is 11.6 Å². The Kier molecular flexibility index (Phi) is 2.15. The second-order valence-electron chi connectivity index (χ2n) is 2.20. The molecule has 0 spiro atoms. The number of phenolic OH excluding ortho intramolecular Hbond substituents is 1. The first kappa shape index (κ1) is 7.64. The van der Waals surface area contributed by atoms with Crippen molar-refractivity contribution >= 4 is 0 Å². The first-order valence-corrected chi connectivity index (χ1v) is 3.25. The van der Waals surface area contributed by atoms with Crippen LogP contribution in [0.3, 0.4) is 0 Å². The van der Waals surface area contributed by atoms with Crippen LogP contribution in [0.5, 0.6) is 5.75 Å². The third kappa shape index (κ3) is 1.51. The molecule has 2 nitrogen and oxygen atoms in total. The van der Waals surface area contributed by atoms with Crippen LogP contribution in [0.4, 0.5) is 0 Å². The molecule has 1 unspecified atom stereocenters. The van der Waals surface area contributed by atoms with Gasteiger partial charge in [0.15, 0.2) is 0 Å². The first-order valence-electron chi connectivity index (χ1n) is 3.25. The van der Waals surface area contributed by atoms with Gasteiger partial charge in [-0.05, 0) is 6.07 Å². The van der Waals surface area contributed by atoms with E-state index in [2.05, 4.69) is 5.92 Å². The fourth-order valence-corrected chi connectivity index (χ4v) is 0.840. The van der Waals surface area contributed by atoms with Crippen molar-refractivity contribution < 1.29 is 5.11 Å². The minimum absolute atomic E-state index is 0.151. The number of phenols is 1. The average molecular weight is 147 g/mol. The number of terminal acetylenes is 1. The second-order valence-corrected chi connectivity index (χ2v) is 2.20. The number of aromatic hydroxyl groups is 1. The van der Waals surface area contributed by atoms with E-state index in [0.29, 0.717) is 5.56 Å². The molecule has 0 bridgehead atoms. The van der Waals surface area contributed by atoms with Crippen molar-refractivity contribution in [2.75, 3.05) is 0 Å². The Morgan fingerprint density at radius 1 is 1.45 bits per heavy atom. The molecule has 3 N–H and O–H groups in total. The van der Waals surface area contributed by atoms with E-state index in [4.69, 9.17) is 12.2 Å². The molecule has 1 rings (SSSR count). The van der Waals surface area contributed by atoms with E-state index in [-0.39, 0.29) is 5.75 Å². The van der Waals surface area contributed by atoms with Crippen LogP contribution >= 0.6 is 0 Å². The zero-order valence-corrected chi connectivity index (χ0v) is 5.99. The number of rotatable bonds is 1. The number of para-hydroxylation sites is 1. The lowest BCUT2D eigenvalue weighted by molar-refractivity contribution is 0.466. The van der Waals surface area contributed by atoms with E-state index in [0.717, 1.165) is 0 Å². The van der Waals surface area contributed by atoms with Crippen molar-refractivity contribution in [2.45, 2.75) is 6.04 Å². The summed E-state index contributed by atoms with van der Waals surface area (Å²) >= 11 is 0. The molecule has 0 saturated carbocycles. The smallest absolute Gasteiger partial charge is 0.121 e. The molecule has 1 aromatic carbocycles. The van der Waals surface area contributed by atoms with Crippen molar-refractivity contribution in [3.05, 3.63) is 29.8 Å². The molecule has 0 radical (unpaired) electrons. The maximum atomic E-state index is 9.24.